The molecule has 4 saturated carbocycles. The predicted molar refractivity (Wildman–Crippen MR) is 259 cm³/mol. The Hall–Kier alpha value is -2.03. The van der Waals surface area contributed by atoms with Gasteiger partial charge in [0.2, 0.25) is 0 Å². The van der Waals surface area contributed by atoms with E-state index in [0.717, 1.165) is 0 Å². The number of rotatable bonds is 13. The fourth-order valence-electron chi connectivity index (χ4n) is 15.2. The van der Waals surface area contributed by atoms with Gasteiger partial charge in [0.1, 0.15) is 53.9 Å². The Bertz CT molecular complexity index is 2050. The van der Waals surface area contributed by atoms with E-state index in [0.29, 0.717) is 31.2 Å². The lowest BCUT2D eigenvalue weighted by Gasteiger charge is -2.69. The van der Waals surface area contributed by atoms with Gasteiger partial charge in [-0.2, -0.15) is 0 Å². The van der Waals surface area contributed by atoms with Crippen LogP contribution in [0, 0.1) is 22.7 Å². The minimum atomic E-state index is -1.88. The van der Waals surface area contributed by atoms with Crippen molar-refractivity contribution in [1.29, 1.82) is 0 Å². The molecule has 20 nitrogen and oxygen atoms in total. The van der Waals surface area contributed by atoms with Crippen LogP contribution >= 0.6 is 0 Å². The summed E-state index contributed by atoms with van der Waals surface area (Å²) in [5.74, 6) is -1.07. The monoisotopic (exact) mass is 1050 g/mol. The van der Waals surface area contributed by atoms with Gasteiger partial charge in [-0.1, -0.05) is 32.0 Å². The Labute approximate surface area is 434 Å². The highest BCUT2D eigenvalue weighted by Crippen LogP contribution is 2.72. The molecule has 420 valence electrons. The molecule has 4 saturated heterocycles. The van der Waals surface area contributed by atoms with Crippen molar-refractivity contribution in [2.75, 3.05) is 14.2 Å². The standard InChI is InChI=1S/C54H84O20/c1-26-42(58)47(65-9)43(59)49(69-26)74-46-29(4)68-41(24-36(46)64-8)73-45-28(3)67-40(23-35(45)57)72-44-27(2)66-39(22-34(44)56)70-33-16-17-50(6)32(21-33)15-18-53(62)37(50)25-38(71-48(60)31-13-11-10-12-14-31)51(7)52(61,30(5)55)19-20-54(51,53)63/h10-14,26-30,32-47,49,55-59,61-63H,15-25H2,1-9H3/t26-,27-,28-,29-,30?,32+,33+,34+,35+,36-,37-,38-,39+,40+,41+,42-,43-,44-,45-,46-,47+,49+,50+,51-,52-,53+,54-/m1/s1. The molecule has 27 atom stereocenters. The smallest absolute Gasteiger partial charge is 0.338 e. The van der Waals surface area contributed by atoms with Crippen molar-refractivity contribution < 1.29 is 97.8 Å². The molecule has 4 aliphatic carbocycles. The van der Waals surface area contributed by atoms with Crippen LogP contribution in [-0.4, -0.2) is 201 Å². The van der Waals surface area contributed by atoms with Crippen LogP contribution in [0.3, 0.4) is 0 Å². The maximum Gasteiger partial charge on any atom is 0.338 e. The van der Waals surface area contributed by atoms with Crippen LogP contribution in [0.25, 0.3) is 0 Å². The molecular weight excluding hydrogens is 969 g/mol. The SMILES string of the molecule is CO[C@@H]1[C@@H](O)[C@H](O[C@@H]2[C@@H](C)O[C@@H](O[C@H]3[C@@H](O)C[C@H](O[C@H]4[C@@H](O)C[C@H](O[C@H]5CC[C@@]6(C)[C@@H](CC[C@]7(O)[C@@H]6C[C@@H](OC(=O)c6ccccc6)[C@@]6(C)[C@]7(O)CC[C@@]6(O)C(C)O)C5)O[C@@H]4C)O[C@@H]3C)C[C@H]2OC)O[C@H](C)[C@H]1O. The molecule has 0 bridgehead atoms. The molecule has 1 aromatic rings. The lowest BCUT2D eigenvalue weighted by molar-refractivity contribution is -0.355. The summed E-state index contributed by atoms with van der Waals surface area (Å²) in [5.41, 5.74) is -7.16. The number of carbonyl (C=O) groups is 1. The molecule has 74 heavy (non-hydrogen) atoms. The third-order valence-electron chi connectivity index (χ3n) is 19.6. The molecule has 20 heteroatoms. The molecular formula is C54H84O20. The number of carbonyl (C=O) groups excluding carboxylic acids is 1. The van der Waals surface area contributed by atoms with Crippen molar-refractivity contribution >= 4 is 5.97 Å². The Balaban J connectivity index is 0.781. The first-order chi connectivity index (χ1) is 34.9. The lowest BCUT2D eigenvalue weighted by atomic mass is 9.40. The average Bonchev–Trinajstić information content (AvgIpc) is 3.59. The Kier molecular flexibility index (Phi) is 16.5. The van der Waals surface area contributed by atoms with Crippen molar-refractivity contribution in [3.8, 4) is 0 Å². The third-order valence-corrected chi connectivity index (χ3v) is 19.6. The zero-order valence-corrected chi connectivity index (χ0v) is 44.3. The first-order valence-electron chi connectivity index (χ1n) is 27.1. The number of aliphatic hydroxyl groups excluding tert-OH is 5. The molecule has 0 spiro atoms. The van der Waals surface area contributed by atoms with E-state index in [1.807, 2.05) is 0 Å². The Morgan fingerprint density at radius 2 is 1.24 bits per heavy atom. The van der Waals surface area contributed by atoms with Gasteiger partial charge < -0.3 is 93.0 Å². The zero-order chi connectivity index (χ0) is 53.4. The maximum atomic E-state index is 13.7. The van der Waals surface area contributed by atoms with Gasteiger partial charge in [0.05, 0.1) is 71.5 Å². The normalized spacial score (nSPS) is 52.0. The van der Waals surface area contributed by atoms with Crippen molar-refractivity contribution in [3.05, 3.63) is 35.9 Å². The van der Waals surface area contributed by atoms with E-state index in [4.69, 9.17) is 52.1 Å². The van der Waals surface area contributed by atoms with Crippen molar-refractivity contribution in [2.45, 2.75) is 259 Å². The second kappa shape index (κ2) is 21.6. The summed E-state index contributed by atoms with van der Waals surface area (Å²) in [6, 6.07) is 8.55. The van der Waals surface area contributed by atoms with E-state index < -0.39 is 156 Å². The van der Waals surface area contributed by atoms with Crippen molar-refractivity contribution in [2.24, 2.45) is 22.7 Å². The Morgan fingerprint density at radius 1 is 0.649 bits per heavy atom. The topological polar surface area (TPSA) is 280 Å². The molecule has 1 aromatic carbocycles. The summed E-state index contributed by atoms with van der Waals surface area (Å²) in [6.07, 6.45) is -13.4. The van der Waals surface area contributed by atoms with E-state index >= 15 is 0 Å². The molecule has 8 N–H and O–H groups in total. The first kappa shape index (κ1) is 56.7. The number of aliphatic hydroxyl groups is 8. The molecule has 8 aliphatic rings. The van der Waals surface area contributed by atoms with Gasteiger partial charge in [-0.15, -0.1) is 0 Å². The second-order valence-corrected chi connectivity index (χ2v) is 23.5. The van der Waals surface area contributed by atoms with Crippen molar-refractivity contribution in [1.82, 2.24) is 0 Å². The minimum Gasteiger partial charge on any atom is -0.458 e. The van der Waals surface area contributed by atoms with E-state index in [2.05, 4.69) is 6.92 Å². The first-order valence-corrected chi connectivity index (χ1v) is 27.1. The van der Waals surface area contributed by atoms with E-state index in [-0.39, 0.29) is 57.0 Å². The summed E-state index contributed by atoms with van der Waals surface area (Å²) in [6.45, 7) is 12.3. The summed E-state index contributed by atoms with van der Waals surface area (Å²) in [4.78, 5) is 13.7. The van der Waals surface area contributed by atoms with Gasteiger partial charge in [0, 0.05) is 33.5 Å². The maximum absolute atomic E-state index is 13.7. The highest BCUT2D eigenvalue weighted by molar-refractivity contribution is 5.89. The average molecular weight is 1050 g/mol. The fourth-order valence-corrected chi connectivity index (χ4v) is 15.2. The van der Waals surface area contributed by atoms with Gasteiger partial charge in [0.25, 0.3) is 0 Å². The zero-order valence-electron chi connectivity index (χ0n) is 44.3. The largest absolute Gasteiger partial charge is 0.458 e. The summed E-state index contributed by atoms with van der Waals surface area (Å²) in [7, 11) is 2.93. The molecule has 0 aromatic heterocycles. The quantitative estimate of drug-likeness (QED) is 0.104. The highest BCUT2D eigenvalue weighted by Gasteiger charge is 2.81. The summed E-state index contributed by atoms with van der Waals surface area (Å²) >= 11 is 0. The van der Waals surface area contributed by atoms with Crippen LogP contribution in [0.1, 0.15) is 129 Å². The minimum absolute atomic E-state index is 0.0184. The number of hydrogen-bond donors (Lipinski definition) is 8. The van der Waals surface area contributed by atoms with Gasteiger partial charge in [-0.25, -0.2) is 4.79 Å². The van der Waals surface area contributed by atoms with Crippen LogP contribution in [0.5, 0.6) is 0 Å². The second-order valence-electron chi connectivity index (χ2n) is 23.5. The van der Waals surface area contributed by atoms with Crippen LogP contribution in [0.2, 0.25) is 0 Å². The molecule has 4 heterocycles. The number of ether oxygens (including phenoxy) is 11. The van der Waals surface area contributed by atoms with Crippen LogP contribution in [-0.2, 0) is 52.1 Å². The molecule has 0 radical (unpaired) electrons. The van der Waals surface area contributed by atoms with Gasteiger partial charge in [0.15, 0.2) is 25.2 Å². The van der Waals surface area contributed by atoms with E-state index in [1.165, 1.54) is 21.1 Å². The van der Waals surface area contributed by atoms with Crippen LogP contribution in [0.4, 0.5) is 0 Å². The van der Waals surface area contributed by atoms with E-state index in [9.17, 15) is 45.6 Å². The predicted octanol–water partition coefficient (Wildman–Crippen LogP) is 2.37. The molecule has 8 fully saturated rings. The van der Waals surface area contributed by atoms with Crippen LogP contribution in [0.15, 0.2) is 30.3 Å². The third kappa shape index (κ3) is 9.62. The number of methoxy groups -OCH3 is 2. The Morgan fingerprint density at radius 3 is 1.82 bits per heavy atom. The summed E-state index contributed by atoms with van der Waals surface area (Å²) in [5, 5.41) is 93.5. The molecule has 9 rings (SSSR count). The van der Waals surface area contributed by atoms with Gasteiger partial charge in [-0.3, -0.25) is 0 Å². The number of benzene rings is 1. The van der Waals surface area contributed by atoms with E-state index in [1.54, 1.807) is 65.0 Å². The van der Waals surface area contributed by atoms with Gasteiger partial charge in [-0.05, 0) is 115 Å². The summed E-state index contributed by atoms with van der Waals surface area (Å²) < 4.78 is 67.5. The number of fused-ring (bicyclic) bond motifs is 5. The number of esters is 1. The molecule has 0 amide bonds. The molecule has 1 unspecified atom stereocenters. The highest BCUT2D eigenvalue weighted by atomic mass is 16.8. The molecule has 4 aliphatic heterocycles. The van der Waals surface area contributed by atoms with Crippen molar-refractivity contribution in [3.63, 3.8) is 0 Å². The lowest BCUT2D eigenvalue weighted by Crippen LogP contribution is -2.79. The number of hydrogen-bond acceptors (Lipinski definition) is 20. The van der Waals surface area contributed by atoms with Crippen LogP contribution < -0.4 is 0 Å². The fraction of sp³-hybridized carbons (Fsp3) is 0.870. The van der Waals surface area contributed by atoms with Gasteiger partial charge >= 0.3 is 5.97 Å².